The van der Waals surface area contributed by atoms with Crippen molar-refractivity contribution in [3.8, 4) is 5.75 Å². The zero-order valence-corrected chi connectivity index (χ0v) is 24.6. The molecule has 3 aromatic rings. The van der Waals surface area contributed by atoms with E-state index >= 15 is 0 Å². The Morgan fingerprint density at radius 2 is 1.74 bits per heavy atom. The van der Waals surface area contributed by atoms with Crippen LogP contribution in [0.15, 0.2) is 71.6 Å². The van der Waals surface area contributed by atoms with Crippen LogP contribution in [0.25, 0.3) is 0 Å². The quantitative estimate of drug-likeness (QED) is 0.326. The predicted octanol–water partition coefficient (Wildman–Crippen LogP) is 5.00. The fourth-order valence-electron chi connectivity index (χ4n) is 4.84. The summed E-state index contributed by atoms with van der Waals surface area (Å²) in [5.41, 5.74) is -0.0168. The Morgan fingerprint density at radius 3 is 2.35 bits per heavy atom. The second kappa shape index (κ2) is 12.9. The van der Waals surface area contributed by atoms with Crippen LogP contribution in [0.5, 0.6) is 5.75 Å². The van der Waals surface area contributed by atoms with E-state index in [1.165, 1.54) is 35.2 Å². The Labute approximate surface area is 247 Å². The molecule has 0 unspecified atom stereocenters. The van der Waals surface area contributed by atoms with E-state index in [0.717, 1.165) is 36.4 Å². The normalized spacial score (nSPS) is 18.4. The summed E-state index contributed by atoms with van der Waals surface area (Å²) in [5.74, 6) is -1.37. The van der Waals surface area contributed by atoms with Crippen LogP contribution in [0.2, 0.25) is 0 Å². The number of nitrogens with one attached hydrogen (secondary N) is 1. The van der Waals surface area contributed by atoms with E-state index < -0.39 is 45.6 Å². The number of fused-ring (bicyclic) bond motifs is 1. The molecule has 1 amide bonds. The molecule has 1 aliphatic rings. The molecule has 0 spiro atoms. The number of aliphatic hydroxyl groups is 1. The van der Waals surface area contributed by atoms with Crippen molar-refractivity contribution in [1.29, 1.82) is 0 Å². The molecule has 0 bridgehead atoms. The fraction of sp³-hybridized carbons (Fsp3) is 0.367. The zero-order valence-electron chi connectivity index (χ0n) is 23.8. The maximum Gasteiger partial charge on any atom is 0.416 e. The number of hydrogen-bond acceptors (Lipinski definition) is 6. The first-order chi connectivity index (χ1) is 20.2. The molecule has 0 saturated heterocycles. The average Bonchev–Trinajstić information content (AvgIpc) is 2.94. The molecule has 0 aliphatic carbocycles. The first-order valence-corrected chi connectivity index (χ1v) is 15.0. The van der Waals surface area contributed by atoms with E-state index in [1.807, 2.05) is 11.8 Å². The molecule has 43 heavy (non-hydrogen) atoms. The van der Waals surface area contributed by atoms with Gasteiger partial charge in [0.15, 0.2) is 5.75 Å². The van der Waals surface area contributed by atoms with Gasteiger partial charge in [-0.25, -0.2) is 12.8 Å². The predicted molar refractivity (Wildman–Crippen MR) is 153 cm³/mol. The van der Waals surface area contributed by atoms with E-state index in [0.29, 0.717) is 12.1 Å². The molecule has 2 N–H and O–H groups in total. The van der Waals surface area contributed by atoms with Gasteiger partial charge >= 0.3 is 6.18 Å². The number of para-hydroxylation sites is 1. The van der Waals surface area contributed by atoms with Gasteiger partial charge in [-0.3, -0.25) is 14.4 Å². The molecule has 4 rings (SSSR count). The summed E-state index contributed by atoms with van der Waals surface area (Å²) >= 11 is 0. The number of amides is 1. The zero-order chi connectivity index (χ0) is 31.5. The standard InChI is InChI=1S/C30H33F4N3O5S/c1-19-15-37(20(2)18-38)29(39)25-5-4-6-26(35-43(40,41)24-13-11-23(31)12-14-24)28(25)42-27(19)17-36(3)16-21-7-9-22(10-8-21)30(32,33)34/h4-14,19-20,27,35,38H,15-18H2,1-3H3/t19-,20+,27+/m1/s1. The van der Waals surface area contributed by atoms with Crippen LogP contribution >= 0.6 is 0 Å². The van der Waals surface area contributed by atoms with E-state index in [4.69, 9.17) is 4.74 Å². The third-order valence-corrected chi connectivity index (χ3v) is 8.67. The van der Waals surface area contributed by atoms with Gasteiger partial charge in [0.1, 0.15) is 11.9 Å². The van der Waals surface area contributed by atoms with Crippen molar-refractivity contribution >= 4 is 21.6 Å². The minimum Gasteiger partial charge on any atom is -0.486 e. The number of alkyl halides is 3. The lowest BCUT2D eigenvalue weighted by atomic mass is 9.99. The number of hydrogen-bond donors (Lipinski definition) is 2. The number of aliphatic hydroxyl groups excluding tert-OH is 1. The van der Waals surface area contributed by atoms with E-state index in [2.05, 4.69) is 4.72 Å². The number of carbonyl (C=O) groups is 1. The van der Waals surface area contributed by atoms with Crippen LogP contribution in [0, 0.1) is 11.7 Å². The van der Waals surface area contributed by atoms with Gasteiger partial charge in [0, 0.05) is 25.6 Å². The highest BCUT2D eigenvalue weighted by Gasteiger charge is 2.35. The average molecular weight is 624 g/mol. The first-order valence-electron chi connectivity index (χ1n) is 13.5. The van der Waals surface area contributed by atoms with Crippen molar-refractivity contribution in [2.75, 3.05) is 31.5 Å². The minimum atomic E-state index is -4.44. The third-order valence-electron chi connectivity index (χ3n) is 7.28. The van der Waals surface area contributed by atoms with Gasteiger partial charge in [0.2, 0.25) is 0 Å². The summed E-state index contributed by atoms with van der Waals surface area (Å²) in [5, 5.41) is 9.88. The molecule has 13 heteroatoms. The lowest BCUT2D eigenvalue weighted by molar-refractivity contribution is -0.137. The Morgan fingerprint density at radius 1 is 1.09 bits per heavy atom. The third kappa shape index (κ3) is 7.64. The highest BCUT2D eigenvalue weighted by atomic mass is 32.2. The number of halogens is 4. The summed E-state index contributed by atoms with van der Waals surface area (Å²) in [6.45, 7) is 4.05. The van der Waals surface area contributed by atoms with Gasteiger partial charge in [-0.15, -0.1) is 0 Å². The van der Waals surface area contributed by atoms with Crippen molar-refractivity contribution in [2.24, 2.45) is 5.92 Å². The Balaban J connectivity index is 1.66. The Hall–Kier alpha value is -3.68. The summed E-state index contributed by atoms with van der Waals surface area (Å²) in [7, 11) is -2.42. The Kier molecular flexibility index (Phi) is 9.67. The molecule has 3 aromatic carbocycles. The number of likely N-dealkylation sites (N-methyl/N-ethyl adjacent to an activating group) is 1. The van der Waals surface area contributed by atoms with E-state index in [9.17, 15) is 35.9 Å². The molecule has 0 aromatic heterocycles. The van der Waals surface area contributed by atoms with Crippen LogP contribution in [0.3, 0.4) is 0 Å². The number of carbonyl (C=O) groups excluding carboxylic acids is 1. The van der Waals surface area contributed by atoms with Crippen LogP contribution in [-0.2, 0) is 22.7 Å². The largest absolute Gasteiger partial charge is 0.486 e. The second-order valence-corrected chi connectivity index (χ2v) is 12.4. The number of sulfonamides is 1. The Bertz CT molecular complexity index is 1530. The van der Waals surface area contributed by atoms with Crippen LogP contribution < -0.4 is 9.46 Å². The number of rotatable bonds is 9. The highest BCUT2D eigenvalue weighted by molar-refractivity contribution is 7.92. The van der Waals surface area contributed by atoms with E-state index in [1.54, 1.807) is 14.0 Å². The minimum absolute atomic E-state index is 0.00345. The molecule has 0 saturated carbocycles. The molecule has 3 atom stereocenters. The number of anilines is 1. The van der Waals surface area contributed by atoms with Gasteiger partial charge in [-0.2, -0.15) is 13.2 Å². The molecular weight excluding hydrogens is 590 g/mol. The van der Waals surface area contributed by atoms with Gasteiger partial charge in [-0.1, -0.05) is 25.1 Å². The molecule has 1 heterocycles. The summed E-state index contributed by atoms with van der Waals surface area (Å²) in [4.78, 5) is 16.8. The van der Waals surface area contributed by atoms with Crippen molar-refractivity contribution in [2.45, 2.75) is 43.6 Å². The summed E-state index contributed by atoms with van der Waals surface area (Å²) < 4.78 is 87.6. The van der Waals surface area contributed by atoms with Crippen molar-refractivity contribution in [1.82, 2.24) is 9.80 Å². The topological polar surface area (TPSA) is 99.2 Å². The van der Waals surface area contributed by atoms with Crippen molar-refractivity contribution in [3.63, 3.8) is 0 Å². The molecule has 0 fully saturated rings. The summed E-state index contributed by atoms with van der Waals surface area (Å²) in [6.07, 6.45) is -5.04. The molecule has 0 radical (unpaired) electrons. The van der Waals surface area contributed by atoms with Crippen molar-refractivity contribution < 1.29 is 40.6 Å². The fourth-order valence-corrected chi connectivity index (χ4v) is 5.90. The lowest BCUT2D eigenvalue weighted by Gasteiger charge is -2.38. The van der Waals surface area contributed by atoms with Crippen LogP contribution in [-0.4, -0.2) is 68.1 Å². The van der Waals surface area contributed by atoms with Crippen molar-refractivity contribution in [3.05, 3.63) is 89.2 Å². The first kappa shape index (κ1) is 32.2. The summed E-state index contributed by atoms with van der Waals surface area (Å²) in [6, 6.07) is 13.0. The SMILES string of the molecule is C[C@@H]1CN([C@@H](C)CO)C(=O)c2cccc(NS(=O)(=O)c3ccc(F)cc3)c2O[C@H]1CN(C)Cc1ccc(C(F)(F)F)cc1. The van der Waals surface area contributed by atoms with Crippen LogP contribution in [0.1, 0.15) is 35.3 Å². The lowest BCUT2D eigenvalue weighted by Crippen LogP contribution is -2.49. The maximum atomic E-state index is 13.7. The van der Waals surface area contributed by atoms with E-state index in [-0.39, 0.29) is 47.5 Å². The van der Waals surface area contributed by atoms with Gasteiger partial charge in [0.05, 0.1) is 34.4 Å². The molecule has 8 nitrogen and oxygen atoms in total. The maximum absolute atomic E-state index is 13.7. The second-order valence-electron chi connectivity index (χ2n) is 10.8. The van der Waals surface area contributed by atoms with Gasteiger partial charge in [0.25, 0.3) is 15.9 Å². The molecule has 232 valence electrons. The van der Waals surface area contributed by atoms with Gasteiger partial charge < -0.3 is 14.7 Å². The number of nitrogens with zero attached hydrogens (tertiary/aromatic N) is 2. The molecular formula is C30H33F4N3O5S. The monoisotopic (exact) mass is 623 g/mol. The number of benzene rings is 3. The highest BCUT2D eigenvalue weighted by Crippen LogP contribution is 2.36. The van der Waals surface area contributed by atoms with Crippen LogP contribution in [0.4, 0.5) is 23.2 Å². The van der Waals surface area contributed by atoms with Gasteiger partial charge in [-0.05, 0) is 68.1 Å². The number of ether oxygens (including phenoxy) is 1. The smallest absolute Gasteiger partial charge is 0.416 e. The molecule has 1 aliphatic heterocycles.